The van der Waals surface area contributed by atoms with E-state index in [9.17, 15) is 19.5 Å². The van der Waals surface area contributed by atoms with Crippen LogP contribution in [-0.4, -0.2) is 41.8 Å². The zero-order chi connectivity index (χ0) is 24.2. The number of alkyl carbamates (subject to hydrolysis) is 1. The summed E-state index contributed by atoms with van der Waals surface area (Å²) in [6.45, 7) is 7.65. The standard InChI is InChI=1S/C26H32N2O5/c1-5-21(24(30)31)27-23(29)22(14-26(2,3)4)28-25(32)33-15-20-18-12-8-6-10-16(18)17-11-7-9-13-19(17)20/h6-13,20-22H,5,14-15H2,1-4H3,(H,27,29)(H,28,32)(H,30,31)/t21-,22?/m0/s1. The molecule has 2 amide bonds. The lowest BCUT2D eigenvalue weighted by Gasteiger charge is -2.27. The van der Waals surface area contributed by atoms with Crippen molar-refractivity contribution < 1.29 is 24.2 Å². The maximum absolute atomic E-state index is 12.8. The summed E-state index contributed by atoms with van der Waals surface area (Å²) in [7, 11) is 0. The van der Waals surface area contributed by atoms with Crippen LogP contribution in [0.15, 0.2) is 48.5 Å². The van der Waals surface area contributed by atoms with Gasteiger partial charge in [0.05, 0.1) is 0 Å². The van der Waals surface area contributed by atoms with Gasteiger partial charge >= 0.3 is 12.1 Å². The Morgan fingerprint density at radius 2 is 1.48 bits per heavy atom. The quantitative estimate of drug-likeness (QED) is 0.554. The predicted molar refractivity (Wildman–Crippen MR) is 126 cm³/mol. The lowest BCUT2D eigenvalue weighted by molar-refractivity contribution is -0.142. The van der Waals surface area contributed by atoms with E-state index in [1.165, 1.54) is 0 Å². The van der Waals surface area contributed by atoms with Gasteiger partial charge in [-0.15, -0.1) is 0 Å². The second-order valence-electron chi connectivity index (χ2n) is 9.59. The number of nitrogens with one attached hydrogen (secondary N) is 2. The average Bonchev–Trinajstić information content (AvgIpc) is 3.08. The third-order valence-corrected chi connectivity index (χ3v) is 5.79. The summed E-state index contributed by atoms with van der Waals surface area (Å²) in [5.41, 5.74) is 4.19. The summed E-state index contributed by atoms with van der Waals surface area (Å²) < 4.78 is 5.57. The second-order valence-corrected chi connectivity index (χ2v) is 9.59. The highest BCUT2D eigenvalue weighted by Gasteiger charge is 2.32. The van der Waals surface area contributed by atoms with Crippen LogP contribution in [-0.2, 0) is 14.3 Å². The number of benzene rings is 2. The number of carbonyl (C=O) groups excluding carboxylic acids is 2. The van der Waals surface area contributed by atoms with Gasteiger partial charge in [-0.05, 0) is 40.5 Å². The average molecular weight is 453 g/mol. The molecule has 1 unspecified atom stereocenters. The molecule has 3 rings (SSSR count). The normalized spacial score (nSPS) is 14.5. The Labute approximate surface area is 194 Å². The molecule has 1 aliphatic rings. The van der Waals surface area contributed by atoms with Crippen LogP contribution in [0.4, 0.5) is 4.79 Å². The number of ether oxygens (including phenoxy) is 1. The Morgan fingerprint density at radius 1 is 0.939 bits per heavy atom. The number of hydrogen-bond acceptors (Lipinski definition) is 4. The van der Waals surface area contributed by atoms with Crippen LogP contribution in [0.1, 0.15) is 57.6 Å². The van der Waals surface area contributed by atoms with Crippen molar-refractivity contribution in [3.05, 3.63) is 59.7 Å². The zero-order valence-corrected chi connectivity index (χ0v) is 19.6. The van der Waals surface area contributed by atoms with Gasteiger partial charge in [-0.2, -0.15) is 0 Å². The van der Waals surface area contributed by atoms with Gasteiger partial charge in [0.15, 0.2) is 0 Å². The highest BCUT2D eigenvalue weighted by molar-refractivity contribution is 5.89. The lowest BCUT2D eigenvalue weighted by atomic mass is 9.87. The summed E-state index contributed by atoms with van der Waals surface area (Å²) >= 11 is 0. The van der Waals surface area contributed by atoms with Crippen LogP contribution in [0.3, 0.4) is 0 Å². The van der Waals surface area contributed by atoms with E-state index in [0.717, 1.165) is 22.3 Å². The Kier molecular flexibility index (Phi) is 7.41. The molecular weight excluding hydrogens is 420 g/mol. The monoisotopic (exact) mass is 452 g/mol. The summed E-state index contributed by atoms with van der Waals surface area (Å²) in [6.07, 6.45) is -0.127. The van der Waals surface area contributed by atoms with Crippen molar-refractivity contribution >= 4 is 18.0 Å². The molecule has 0 radical (unpaired) electrons. The molecule has 0 bridgehead atoms. The molecule has 2 atom stereocenters. The van der Waals surface area contributed by atoms with Crippen LogP contribution >= 0.6 is 0 Å². The van der Waals surface area contributed by atoms with E-state index in [0.29, 0.717) is 6.42 Å². The van der Waals surface area contributed by atoms with Gasteiger partial charge in [-0.1, -0.05) is 76.2 Å². The van der Waals surface area contributed by atoms with Crippen LogP contribution in [0.5, 0.6) is 0 Å². The molecule has 2 aromatic rings. The number of aliphatic carboxylic acids is 1. The maximum atomic E-state index is 12.8. The summed E-state index contributed by atoms with van der Waals surface area (Å²) in [4.78, 5) is 36.8. The van der Waals surface area contributed by atoms with Gasteiger partial charge < -0.3 is 20.5 Å². The van der Waals surface area contributed by atoms with Crippen LogP contribution < -0.4 is 10.6 Å². The van der Waals surface area contributed by atoms with Crippen molar-refractivity contribution in [2.45, 2.75) is 58.5 Å². The highest BCUT2D eigenvalue weighted by Crippen LogP contribution is 2.44. The zero-order valence-electron chi connectivity index (χ0n) is 19.6. The van der Waals surface area contributed by atoms with Crippen molar-refractivity contribution in [1.82, 2.24) is 10.6 Å². The highest BCUT2D eigenvalue weighted by atomic mass is 16.5. The minimum absolute atomic E-state index is 0.0884. The first-order valence-corrected chi connectivity index (χ1v) is 11.3. The van der Waals surface area contributed by atoms with E-state index in [4.69, 9.17) is 4.74 Å². The molecular formula is C26H32N2O5. The molecule has 0 aromatic heterocycles. The van der Waals surface area contributed by atoms with Crippen molar-refractivity contribution in [1.29, 1.82) is 0 Å². The van der Waals surface area contributed by atoms with Crippen LogP contribution in [0, 0.1) is 5.41 Å². The number of amides is 2. The minimum atomic E-state index is -1.11. The lowest BCUT2D eigenvalue weighted by Crippen LogP contribution is -2.52. The SMILES string of the molecule is CC[C@H](NC(=O)C(CC(C)(C)C)NC(=O)OCC1c2ccccc2-c2ccccc21)C(=O)O. The van der Waals surface area contributed by atoms with Crippen LogP contribution in [0.2, 0.25) is 0 Å². The fourth-order valence-corrected chi connectivity index (χ4v) is 4.21. The molecule has 0 saturated carbocycles. The number of carboxylic acid groups (broad SMARTS) is 1. The van der Waals surface area contributed by atoms with Gasteiger partial charge in [0.25, 0.3) is 0 Å². The smallest absolute Gasteiger partial charge is 0.407 e. The van der Waals surface area contributed by atoms with Crippen LogP contribution in [0.25, 0.3) is 11.1 Å². The van der Waals surface area contributed by atoms with Gasteiger partial charge in [0.2, 0.25) is 5.91 Å². The first-order chi connectivity index (χ1) is 15.6. The van der Waals surface area contributed by atoms with Crippen molar-refractivity contribution in [2.75, 3.05) is 6.61 Å². The number of fused-ring (bicyclic) bond motifs is 3. The topological polar surface area (TPSA) is 105 Å². The Balaban J connectivity index is 1.69. The summed E-state index contributed by atoms with van der Waals surface area (Å²) in [6, 6.07) is 14.2. The third kappa shape index (κ3) is 5.92. The van der Waals surface area contributed by atoms with Gasteiger partial charge in [0.1, 0.15) is 18.7 Å². The number of hydrogen-bond donors (Lipinski definition) is 3. The number of rotatable bonds is 8. The third-order valence-electron chi connectivity index (χ3n) is 5.79. The van der Waals surface area contributed by atoms with Gasteiger partial charge in [-0.25, -0.2) is 9.59 Å². The molecule has 0 fully saturated rings. The molecule has 3 N–H and O–H groups in total. The minimum Gasteiger partial charge on any atom is -0.480 e. The first-order valence-electron chi connectivity index (χ1n) is 11.3. The Morgan fingerprint density at radius 3 is 1.97 bits per heavy atom. The van der Waals surface area contributed by atoms with E-state index in [2.05, 4.69) is 22.8 Å². The fourth-order valence-electron chi connectivity index (χ4n) is 4.21. The molecule has 176 valence electrons. The molecule has 7 nitrogen and oxygen atoms in total. The summed E-state index contributed by atoms with van der Waals surface area (Å²) in [5.74, 6) is -1.73. The predicted octanol–water partition coefficient (Wildman–Crippen LogP) is 4.31. The fraction of sp³-hybridized carbons (Fsp3) is 0.423. The maximum Gasteiger partial charge on any atom is 0.407 e. The molecule has 33 heavy (non-hydrogen) atoms. The van der Waals surface area contributed by atoms with Gasteiger partial charge in [0, 0.05) is 5.92 Å². The molecule has 0 spiro atoms. The molecule has 1 aliphatic carbocycles. The molecule has 2 aromatic carbocycles. The van der Waals surface area contributed by atoms with Crippen molar-refractivity contribution in [3.8, 4) is 11.1 Å². The Bertz CT molecular complexity index is 982. The molecule has 7 heteroatoms. The van der Waals surface area contributed by atoms with E-state index >= 15 is 0 Å². The van der Waals surface area contributed by atoms with E-state index in [1.807, 2.05) is 57.2 Å². The van der Waals surface area contributed by atoms with Crippen molar-refractivity contribution in [2.24, 2.45) is 5.41 Å². The Hall–Kier alpha value is -3.35. The second kappa shape index (κ2) is 10.1. The van der Waals surface area contributed by atoms with E-state index < -0.39 is 30.1 Å². The summed E-state index contributed by atoms with van der Waals surface area (Å²) in [5, 5.41) is 14.4. The van der Waals surface area contributed by atoms with E-state index in [1.54, 1.807) is 6.92 Å². The first kappa shape index (κ1) is 24.3. The molecule has 0 heterocycles. The van der Waals surface area contributed by atoms with Crippen molar-refractivity contribution in [3.63, 3.8) is 0 Å². The molecule has 0 aliphatic heterocycles. The molecule has 0 saturated heterocycles. The number of carboxylic acids is 1. The largest absolute Gasteiger partial charge is 0.480 e. The van der Waals surface area contributed by atoms with Gasteiger partial charge in [-0.3, -0.25) is 4.79 Å². The number of carbonyl (C=O) groups is 3. The van der Waals surface area contributed by atoms with E-state index in [-0.39, 0.29) is 24.4 Å².